The van der Waals surface area contributed by atoms with Crippen molar-refractivity contribution in [1.29, 1.82) is 0 Å². The van der Waals surface area contributed by atoms with Crippen molar-refractivity contribution in [2.75, 3.05) is 13.1 Å². The lowest BCUT2D eigenvalue weighted by Gasteiger charge is -2.42. The summed E-state index contributed by atoms with van der Waals surface area (Å²) >= 11 is 0. The topological polar surface area (TPSA) is 78.9 Å². The summed E-state index contributed by atoms with van der Waals surface area (Å²) in [5.74, 6) is 0.0364. The molecule has 2 aliphatic carbocycles. The number of hydrogen-bond donors (Lipinski definition) is 2. The zero-order chi connectivity index (χ0) is 17.1. The van der Waals surface area contributed by atoms with Gasteiger partial charge in [-0.2, -0.15) is 0 Å². The fraction of sp³-hybridized carbons (Fsp3) is 0.889. The highest BCUT2D eigenvalue weighted by atomic mass is 16.5. The highest BCUT2D eigenvalue weighted by molar-refractivity contribution is 5.76. The first-order chi connectivity index (χ1) is 11.5. The number of rotatable bonds is 9. The lowest BCUT2D eigenvalue weighted by molar-refractivity contribution is -0.140. The first kappa shape index (κ1) is 17.7. The Labute approximate surface area is 143 Å². The van der Waals surface area contributed by atoms with Gasteiger partial charge in [0.1, 0.15) is 0 Å². The zero-order valence-corrected chi connectivity index (χ0v) is 14.6. The van der Waals surface area contributed by atoms with Crippen LogP contribution in [0.15, 0.2) is 0 Å². The molecular weight excluding hydrogens is 308 g/mol. The Balaban J connectivity index is 1.33. The van der Waals surface area contributed by atoms with Gasteiger partial charge < -0.3 is 15.2 Å². The highest BCUT2D eigenvalue weighted by Crippen LogP contribution is 2.33. The van der Waals surface area contributed by atoms with Gasteiger partial charge in [-0.15, -0.1) is 0 Å². The maximum Gasteiger partial charge on any atom is 0.317 e. The number of carbonyl (C=O) groups excluding carboxylic acids is 1. The molecule has 6 nitrogen and oxygen atoms in total. The number of carboxylic acids is 1. The Bertz CT molecular complexity index is 460. The second kappa shape index (κ2) is 7.83. The molecule has 3 rings (SSSR count). The third-order valence-corrected chi connectivity index (χ3v) is 5.54. The standard InChI is InChI=1S/C18H30N2O4/c1-12-2-5-16(24-12)6-7-17(21)19-14-8-15(9-14)20(11-18(22)23)10-13-3-4-13/h12-16H,2-11H2,1H3,(H,19,21)(H,22,23). The molecule has 2 saturated carbocycles. The number of aliphatic carboxylic acids is 1. The molecule has 6 heteroatoms. The lowest BCUT2D eigenvalue weighted by atomic mass is 9.85. The first-order valence-corrected chi connectivity index (χ1v) is 9.40. The van der Waals surface area contributed by atoms with Gasteiger partial charge in [0.15, 0.2) is 0 Å². The van der Waals surface area contributed by atoms with Crippen molar-refractivity contribution in [2.24, 2.45) is 5.92 Å². The maximum atomic E-state index is 12.1. The van der Waals surface area contributed by atoms with E-state index in [0.29, 0.717) is 24.5 Å². The van der Waals surface area contributed by atoms with Crippen molar-refractivity contribution in [3.63, 3.8) is 0 Å². The molecule has 0 radical (unpaired) electrons. The van der Waals surface area contributed by atoms with Crippen LogP contribution in [0.5, 0.6) is 0 Å². The summed E-state index contributed by atoms with van der Waals surface area (Å²) in [6.45, 7) is 3.10. The molecule has 1 aliphatic heterocycles. The summed E-state index contributed by atoms with van der Waals surface area (Å²) in [7, 11) is 0. The summed E-state index contributed by atoms with van der Waals surface area (Å²) in [6, 6.07) is 0.521. The summed E-state index contributed by atoms with van der Waals surface area (Å²) < 4.78 is 5.74. The van der Waals surface area contributed by atoms with Gasteiger partial charge in [0.2, 0.25) is 5.91 Å². The molecule has 0 aromatic carbocycles. The van der Waals surface area contributed by atoms with E-state index in [1.807, 2.05) is 0 Å². The number of nitrogens with zero attached hydrogens (tertiary/aromatic N) is 1. The van der Waals surface area contributed by atoms with Crippen LogP contribution in [-0.4, -0.2) is 59.3 Å². The van der Waals surface area contributed by atoms with Gasteiger partial charge in [-0.1, -0.05) is 0 Å². The van der Waals surface area contributed by atoms with E-state index in [1.165, 1.54) is 12.8 Å². The van der Waals surface area contributed by atoms with Gasteiger partial charge in [-0.25, -0.2) is 0 Å². The second-order valence-corrected chi connectivity index (χ2v) is 7.84. The Morgan fingerprint density at radius 2 is 1.96 bits per heavy atom. The molecular formula is C18H30N2O4. The minimum absolute atomic E-state index is 0.105. The number of nitrogens with one attached hydrogen (secondary N) is 1. The normalized spacial score (nSPS) is 32.6. The molecule has 0 aromatic heterocycles. The average Bonchev–Trinajstić information content (AvgIpc) is 3.19. The van der Waals surface area contributed by atoms with Gasteiger partial charge in [-0.3, -0.25) is 14.5 Å². The SMILES string of the molecule is CC1CCC(CCC(=O)NC2CC(N(CC(=O)O)CC3CC3)C2)O1. The molecule has 3 fully saturated rings. The molecule has 24 heavy (non-hydrogen) atoms. The molecule has 3 aliphatic rings. The first-order valence-electron chi connectivity index (χ1n) is 9.40. The minimum Gasteiger partial charge on any atom is -0.480 e. The fourth-order valence-corrected chi connectivity index (χ4v) is 3.84. The number of hydrogen-bond acceptors (Lipinski definition) is 4. The minimum atomic E-state index is -0.756. The molecule has 0 aromatic rings. The Morgan fingerprint density at radius 3 is 2.54 bits per heavy atom. The monoisotopic (exact) mass is 338 g/mol. The van der Waals surface area contributed by atoms with Crippen molar-refractivity contribution in [1.82, 2.24) is 10.2 Å². The van der Waals surface area contributed by atoms with Crippen molar-refractivity contribution in [3.8, 4) is 0 Å². The van der Waals surface area contributed by atoms with Crippen molar-refractivity contribution < 1.29 is 19.4 Å². The Hall–Kier alpha value is -1.14. The summed E-state index contributed by atoms with van der Waals surface area (Å²) in [6.07, 6.45) is 8.27. The third-order valence-electron chi connectivity index (χ3n) is 5.54. The predicted molar refractivity (Wildman–Crippen MR) is 89.7 cm³/mol. The molecule has 2 atom stereocenters. The van der Waals surface area contributed by atoms with Crippen molar-refractivity contribution in [2.45, 2.75) is 82.6 Å². The van der Waals surface area contributed by atoms with E-state index in [-0.39, 0.29) is 24.6 Å². The quantitative estimate of drug-likeness (QED) is 0.670. The van der Waals surface area contributed by atoms with E-state index >= 15 is 0 Å². The average molecular weight is 338 g/mol. The van der Waals surface area contributed by atoms with Crippen LogP contribution in [0.2, 0.25) is 0 Å². The van der Waals surface area contributed by atoms with Crippen LogP contribution in [-0.2, 0) is 14.3 Å². The largest absolute Gasteiger partial charge is 0.480 e. The number of amides is 1. The lowest BCUT2D eigenvalue weighted by Crippen LogP contribution is -2.55. The van der Waals surface area contributed by atoms with Crippen LogP contribution in [0.4, 0.5) is 0 Å². The van der Waals surface area contributed by atoms with Crippen LogP contribution in [0, 0.1) is 5.92 Å². The van der Waals surface area contributed by atoms with E-state index < -0.39 is 5.97 Å². The summed E-state index contributed by atoms with van der Waals surface area (Å²) in [5, 5.41) is 12.2. The number of ether oxygens (including phenoxy) is 1. The molecule has 136 valence electrons. The van der Waals surface area contributed by atoms with Crippen LogP contribution in [0.25, 0.3) is 0 Å². The maximum absolute atomic E-state index is 12.1. The van der Waals surface area contributed by atoms with Gasteiger partial charge in [0, 0.05) is 25.0 Å². The zero-order valence-electron chi connectivity index (χ0n) is 14.6. The van der Waals surface area contributed by atoms with Gasteiger partial charge in [0.25, 0.3) is 0 Å². The highest BCUT2D eigenvalue weighted by Gasteiger charge is 2.37. The van der Waals surface area contributed by atoms with E-state index in [4.69, 9.17) is 9.84 Å². The molecule has 0 spiro atoms. The van der Waals surface area contributed by atoms with Gasteiger partial charge in [-0.05, 0) is 57.8 Å². The molecule has 2 N–H and O–H groups in total. The number of carboxylic acid groups (broad SMARTS) is 1. The Morgan fingerprint density at radius 1 is 1.21 bits per heavy atom. The fourth-order valence-electron chi connectivity index (χ4n) is 3.84. The number of carbonyl (C=O) groups is 2. The molecule has 1 saturated heterocycles. The second-order valence-electron chi connectivity index (χ2n) is 7.84. The molecule has 2 unspecified atom stereocenters. The predicted octanol–water partition coefficient (Wildman–Crippen LogP) is 1.78. The summed E-state index contributed by atoms with van der Waals surface area (Å²) in [4.78, 5) is 25.2. The van der Waals surface area contributed by atoms with E-state index in [1.54, 1.807) is 0 Å². The van der Waals surface area contributed by atoms with Crippen LogP contribution >= 0.6 is 0 Å². The van der Waals surface area contributed by atoms with E-state index in [2.05, 4.69) is 17.1 Å². The van der Waals surface area contributed by atoms with Crippen molar-refractivity contribution in [3.05, 3.63) is 0 Å². The third kappa shape index (κ3) is 5.18. The molecule has 0 bridgehead atoms. The van der Waals surface area contributed by atoms with Crippen molar-refractivity contribution >= 4 is 11.9 Å². The van der Waals surface area contributed by atoms with E-state index in [9.17, 15) is 9.59 Å². The molecule has 1 amide bonds. The molecule has 1 heterocycles. The van der Waals surface area contributed by atoms with Crippen LogP contribution in [0.3, 0.4) is 0 Å². The van der Waals surface area contributed by atoms with Gasteiger partial charge >= 0.3 is 5.97 Å². The van der Waals surface area contributed by atoms with Gasteiger partial charge in [0.05, 0.1) is 18.8 Å². The van der Waals surface area contributed by atoms with E-state index in [0.717, 1.165) is 38.6 Å². The summed E-state index contributed by atoms with van der Waals surface area (Å²) in [5.41, 5.74) is 0. The smallest absolute Gasteiger partial charge is 0.317 e. The van der Waals surface area contributed by atoms with Crippen LogP contribution in [0.1, 0.15) is 58.3 Å². The van der Waals surface area contributed by atoms with Crippen LogP contribution < -0.4 is 5.32 Å². The Kier molecular flexibility index (Phi) is 5.76.